The predicted octanol–water partition coefficient (Wildman–Crippen LogP) is -0.583. The van der Waals surface area contributed by atoms with Crippen LogP contribution in [0.5, 0.6) is 0 Å². The van der Waals surface area contributed by atoms with Crippen LogP contribution < -0.4 is 5.32 Å². The van der Waals surface area contributed by atoms with Gasteiger partial charge < -0.3 is 20.2 Å². The molecule has 1 atom stereocenters. The van der Waals surface area contributed by atoms with Crippen molar-refractivity contribution < 1.29 is 14.7 Å². The zero-order chi connectivity index (χ0) is 11.7. The van der Waals surface area contributed by atoms with Crippen LogP contribution in [0.25, 0.3) is 0 Å². The highest BCUT2D eigenvalue weighted by Crippen LogP contribution is 2.16. The molecule has 0 aromatic carbocycles. The first kappa shape index (κ1) is 11.2. The lowest BCUT2D eigenvalue weighted by atomic mass is 10.0. The molecule has 2 N–H and O–H groups in total. The number of carbonyl (C=O) groups is 2. The summed E-state index contributed by atoms with van der Waals surface area (Å²) in [6.45, 7) is 2.55. The second kappa shape index (κ2) is 4.29. The second-order valence-electron chi connectivity index (χ2n) is 4.64. The van der Waals surface area contributed by atoms with Gasteiger partial charge in [-0.05, 0) is 20.0 Å². The Morgan fingerprint density at radius 3 is 2.50 bits per heavy atom. The van der Waals surface area contributed by atoms with E-state index < -0.39 is 5.97 Å². The van der Waals surface area contributed by atoms with Gasteiger partial charge in [0, 0.05) is 25.7 Å². The Bertz CT molecular complexity index is 302. The van der Waals surface area contributed by atoms with Crippen LogP contribution in [-0.4, -0.2) is 66.2 Å². The van der Waals surface area contributed by atoms with Crippen molar-refractivity contribution >= 4 is 12.0 Å². The van der Waals surface area contributed by atoms with Crippen molar-refractivity contribution in [2.45, 2.75) is 12.5 Å². The van der Waals surface area contributed by atoms with E-state index >= 15 is 0 Å². The van der Waals surface area contributed by atoms with Gasteiger partial charge in [0.2, 0.25) is 0 Å². The third-order valence-electron chi connectivity index (χ3n) is 3.24. The summed E-state index contributed by atoms with van der Waals surface area (Å²) in [5, 5.41) is 11.6. The smallest absolute Gasteiger partial charge is 0.317 e. The molecule has 2 saturated heterocycles. The molecule has 2 heterocycles. The summed E-state index contributed by atoms with van der Waals surface area (Å²) in [4.78, 5) is 26.0. The van der Waals surface area contributed by atoms with E-state index in [1.54, 1.807) is 4.90 Å². The summed E-state index contributed by atoms with van der Waals surface area (Å²) < 4.78 is 0. The van der Waals surface area contributed by atoms with E-state index in [-0.39, 0.29) is 18.0 Å². The summed E-state index contributed by atoms with van der Waals surface area (Å²) in [7, 11) is 2.02. The molecule has 0 radical (unpaired) electrons. The van der Waals surface area contributed by atoms with Crippen molar-refractivity contribution in [3.63, 3.8) is 0 Å². The van der Waals surface area contributed by atoms with E-state index in [9.17, 15) is 9.59 Å². The first-order valence-corrected chi connectivity index (χ1v) is 5.53. The third kappa shape index (κ3) is 2.27. The second-order valence-corrected chi connectivity index (χ2v) is 4.64. The van der Waals surface area contributed by atoms with Crippen molar-refractivity contribution in [1.29, 1.82) is 0 Å². The van der Waals surface area contributed by atoms with Crippen molar-refractivity contribution in [1.82, 2.24) is 15.1 Å². The number of carboxylic acids is 1. The molecule has 0 spiro atoms. The fraction of sp³-hybridized carbons (Fsp3) is 0.800. The number of aliphatic carboxylic acids is 1. The zero-order valence-electron chi connectivity index (χ0n) is 9.35. The maximum Gasteiger partial charge on any atom is 0.317 e. The van der Waals surface area contributed by atoms with Gasteiger partial charge in [-0.1, -0.05) is 0 Å². The third-order valence-corrected chi connectivity index (χ3v) is 3.24. The number of likely N-dealkylation sites (tertiary alicyclic amines) is 2. The Kier molecular flexibility index (Phi) is 3.00. The number of urea groups is 1. The number of likely N-dealkylation sites (N-methyl/N-ethyl adjacent to an activating group) is 1. The monoisotopic (exact) mass is 227 g/mol. The molecule has 6 nitrogen and oxygen atoms in total. The number of carboxylic acid groups (broad SMARTS) is 1. The minimum absolute atomic E-state index is 0.127. The lowest BCUT2D eigenvalue weighted by molar-refractivity contribution is -0.146. The SMILES string of the molecule is CN1CCC(NC(=O)N2CC(C(=O)O)C2)C1. The number of rotatable bonds is 2. The minimum Gasteiger partial charge on any atom is -0.481 e. The van der Waals surface area contributed by atoms with Crippen molar-refractivity contribution in [3.05, 3.63) is 0 Å². The molecule has 0 aliphatic carbocycles. The Labute approximate surface area is 94.2 Å². The molecule has 0 saturated carbocycles. The summed E-state index contributed by atoms with van der Waals surface area (Å²) in [5.41, 5.74) is 0. The predicted molar refractivity (Wildman–Crippen MR) is 57.1 cm³/mol. The van der Waals surface area contributed by atoms with Gasteiger partial charge in [-0.25, -0.2) is 4.79 Å². The quantitative estimate of drug-likeness (QED) is 0.662. The van der Waals surface area contributed by atoms with Crippen LogP contribution in [0.15, 0.2) is 0 Å². The maximum absolute atomic E-state index is 11.7. The topological polar surface area (TPSA) is 72.9 Å². The van der Waals surface area contributed by atoms with Crippen LogP contribution >= 0.6 is 0 Å². The van der Waals surface area contributed by atoms with Crippen LogP contribution in [0.4, 0.5) is 4.79 Å². The first-order valence-electron chi connectivity index (χ1n) is 5.53. The number of hydrogen-bond donors (Lipinski definition) is 2. The normalized spacial score (nSPS) is 26.6. The molecule has 0 aromatic heterocycles. The molecule has 0 aromatic rings. The van der Waals surface area contributed by atoms with E-state index in [1.807, 2.05) is 7.05 Å². The Morgan fingerprint density at radius 1 is 1.31 bits per heavy atom. The molecular weight excluding hydrogens is 210 g/mol. The highest BCUT2D eigenvalue weighted by molar-refractivity contribution is 5.79. The molecule has 90 valence electrons. The van der Waals surface area contributed by atoms with E-state index in [0.717, 1.165) is 19.5 Å². The summed E-state index contributed by atoms with van der Waals surface area (Å²) in [6, 6.07) is 0.0826. The molecule has 2 aliphatic heterocycles. The Balaban J connectivity index is 1.72. The average molecular weight is 227 g/mol. The van der Waals surface area contributed by atoms with Crippen LogP contribution in [0.3, 0.4) is 0 Å². The molecule has 1 unspecified atom stereocenters. The van der Waals surface area contributed by atoms with E-state index in [2.05, 4.69) is 10.2 Å². The van der Waals surface area contributed by atoms with Crippen molar-refractivity contribution in [3.8, 4) is 0 Å². The van der Waals surface area contributed by atoms with Crippen molar-refractivity contribution in [2.75, 3.05) is 33.2 Å². The lowest BCUT2D eigenvalue weighted by Crippen LogP contribution is -2.57. The van der Waals surface area contributed by atoms with Gasteiger partial charge in [-0.2, -0.15) is 0 Å². The number of carbonyl (C=O) groups excluding carboxylic acids is 1. The first-order chi connectivity index (χ1) is 7.56. The highest BCUT2D eigenvalue weighted by Gasteiger charge is 2.36. The Morgan fingerprint density at radius 2 is 2.00 bits per heavy atom. The molecular formula is C10H17N3O3. The average Bonchev–Trinajstić information content (AvgIpc) is 2.47. The Hall–Kier alpha value is -1.30. The van der Waals surface area contributed by atoms with Crippen molar-refractivity contribution in [2.24, 2.45) is 5.92 Å². The number of amides is 2. The minimum atomic E-state index is -0.815. The van der Waals surface area contributed by atoms with Gasteiger partial charge in [0.15, 0.2) is 0 Å². The van der Waals surface area contributed by atoms with Gasteiger partial charge in [-0.15, -0.1) is 0 Å². The van der Waals surface area contributed by atoms with Gasteiger partial charge in [0.05, 0.1) is 5.92 Å². The fourth-order valence-electron chi connectivity index (χ4n) is 2.12. The van der Waals surface area contributed by atoms with Gasteiger partial charge in [0.1, 0.15) is 0 Å². The van der Waals surface area contributed by atoms with Gasteiger partial charge >= 0.3 is 12.0 Å². The maximum atomic E-state index is 11.7. The zero-order valence-corrected chi connectivity index (χ0v) is 9.35. The molecule has 6 heteroatoms. The molecule has 2 rings (SSSR count). The van der Waals surface area contributed by atoms with E-state index in [4.69, 9.17) is 5.11 Å². The van der Waals surface area contributed by atoms with Crippen LogP contribution in [-0.2, 0) is 4.79 Å². The van der Waals surface area contributed by atoms with Gasteiger partial charge in [-0.3, -0.25) is 4.79 Å². The fourth-order valence-corrected chi connectivity index (χ4v) is 2.12. The number of hydrogen-bond acceptors (Lipinski definition) is 3. The van der Waals surface area contributed by atoms with Crippen LogP contribution in [0, 0.1) is 5.92 Å². The van der Waals surface area contributed by atoms with E-state index in [1.165, 1.54) is 0 Å². The molecule has 2 fully saturated rings. The molecule has 16 heavy (non-hydrogen) atoms. The highest BCUT2D eigenvalue weighted by atomic mass is 16.4. The number of nitrogens with zero attached hydrogens (tertiary/aromatic N) is 2. The van der Waals surface area contributed by atoms with Crippen LogP contribution in [0.1, 0.15) is 6.42 Å². The summed E-state index contributed by atoms with van der Waals surface area (Å²) in [6.07, 6.45) is 0.971. The van der Waals surface area contributed by atoms with E-state index in [0.29, 0.717) is 13.1 Å². The lowest BCUT2D eigenvalue weighted by Gasteiger charge is -2.37. The molecule has 0 bridgehead atoms. The molecule has 2 amide bonds. The summed E-state index contributed by atoms with van der Waals surface area (Å²) in [5.74, 6) is -1.19. The molecule has 2 aliphatic rings. The standard InChI is InChI=1S/C10H17N3O3/c1-12-3-2-8(6-12)11-10(16)13-4-7(5-13)9(14)15/h7-8H,2-6H2,1H3,(H,11,16)(H,14,15). The largest absolute Gasteiger partial charge is 0.481 e. The summed E-state index contributed by atoms with van der Waals surface area (Å²) >= 11 is 0. The van der Waals surface area contributed by atoms with Gasteiger partial charge in [0.25, 0.3) is 0 Å². The number of nitrogens with one attached hydrogen (secondary N) is 1. The van der Waals surface area contributed by atoms with Crippen LogP contribution in [0.2, 0.25) is 0 Å².